The van der Waals surface area contributed by atoms with Gasteiger partial charge in [-0.15, -0.1) is 0 Å². The van der Waals surface area contributed by atoms with Gasteiger partial charge in [-0.1, -0.05) is 12.1 Å². The van der Waals surface area contributed by atoms with E-state index in [9.17, 15) is 9.59 Å². The maximum Gasteiger partial charge on any atom is 0.274 e. The Kier molecular flexibility index (Phi) is 2.71. The van der Waals surface area contributed by atoms with E-state index in [1.54, 1.807) is 0 Å². The third-order valence-corrected chi connectivity index (χ3v) is 2.79. The zero-order valence-corrected chi connectivity index (χ0v) is 9.93. The molecule has 3 rings (SSSR count). The molecule has 3 N–H and O–H groups in total. The Bertz CT molecular complexity index is 655. The molecule has 2 amide bonds. The van der Waals surface area contributed by atoms with Crippen LogP contribution in [0.3, 0.4) is 0 Å². The molecule has 0 spiro atoms. The lowest BCUT2D eigenvalue weighted by Gasteiger charge is -2.10. The van der Waals surface area contributed by atoms with Crippen molar-refractivity contribution in [1.82, 2.24) is 15.4 Å². The minimum absolute atomic E-state index is 0.180. The second-order valence-electron chi connectivity index (χ2n) is 4.15. The molecule has 1 aliphatic heterocycles. The smallest absolute Gasteiger partial charge is 0.274 e. The van der Waals surface area contributed by atoms with E-state index in [-0.39, 0.29) is 18.2 Å². The molecular weight excluding hydrogens is 246 g/mol. The first-order valence-corrected chi connectivity index (χ1v) is 5.84. The number of aromatic amines is 1. The number of carbonyl (C=O) groups is 2. The van der Waals surface area contributed by atoms with Crippen molar-refractivity contribution in [2.24, 2.45) is 5.10 Å². The molecule has 7 heteroatoms. The average Bonchev–Trinajstić information content (AvgIpc) is 2.81. The molecule has 0 atom stereocenters. The first kappa shape index (κ1) is 11.4. The number of nitrogens with zero attached hydrogens (tertiary/aromatic N) is 2. The molecule has 2 heterocycles. The Hall–Kier alpha value is -2.70. The molecule has 0 saturated heterocycles. The molecule has 0 saturated carbocycles. The zero-order valence-electron chi connectivity index (χ0n) is 9.93. The Balaban J connectivity index is 1.77. The van der Waals surface area contributed by atoms with Crippen LogP contribution in [0.4, 0.5) is 5.95 Å². The van der Waals surface area contributed by atoms with E-state index in [2.05, 4.69) is 25.8 Å². The minimum atomic E-state index is -0.362. The van der Waals surface area contributed by atoms with Crippen LogP contribution in [0.15, 0.2) is 29.4 Å². The number of hydrogen-bond donors (Lipinski definition) is 3. The fourth-order valence-electron chi connectivity index (χ4n) is 1.83. The summed E-state index contributed by atoms with van der Waals surface area (Å²) in [5.41, 5.74) is 4.19. The van der Waals surface area contributed by atoms with Gasteiger partial charge in [0.25, 0.3) is 5.91 Å². The fraction of sp³-hybridized carbons (Fsp3) is 0.167. The van der Waals surface area contributed by atoms with E-state index in [4.69, 9.17) is 0 Å². The van der Waals surface area contributed by atoms with Gasteiger partial charge in [0.05, 0.1) is 11.0 Å². The lowest BCUT2D eigenvalue weighted by Crippen LogP contribution is -2.33. The summed E-state index contributed by atoms with van der Waals surface area (Å²) < 4.78 is 0. The lowest BCUT2D eigenvalue weighted by molar-refractivity contribution is -0.121. The number of hydrogen-bond acceptors (Lipinski definition) is 4. The maximum atomic E-state index is 11.9. The van der Waals surface area contributed by atoms with Crippen LogP contribution in [0.1, 0.15) is 12.8 Å². The highest BCUT2D eigenvalue weighted by Gasteiger charge is 2.19. The van der Waals surface area contributed by atoms with Crippen molar-refractivity contribution in [3.05, 3.63) is 24.3 Å². The van der Waals surface area contributed by atoms with Gasteiger partial charge in [-0.3, -0.25) is 14.9 Å². The highest BCUT2D eigenvalue weighted by atomic mass is 16.2. The maximum absolute atomic E-state index is 11.9. The van der Waals surface area contributed by atoms with Crippen LogP contribution in [-0.4, -0.2) is 27.5 Å². The second kappa shape index (κ2) is 4.52. The van der Waals surface area contributed by atoms with Gasteiger partial charge in [0.15, 0.2) is 0 Å². The number of anilines is 1. The first-order chi connectivity index (χ1) is 9.22. The van der Waals surface area contributed by atoms with Crippen LogP contribution in [-0.2, 0) is 9.59 Å². The number of nitrogens with one attached hydrogen (secondary N) is 3. The van der Waals surface area contributed by atoms with Crippen molar-refractivity contribution in [1.29, 1.82) is 0 Å². The number of amides is 2. The van der Waals surface area contributed by atoms with Crippen molar-refractivity contribution in [3.8, 4) is 0 Å². The van der Waals surface area contributed by atoms with Crippen molar-refractivity contribution < 1.29 is 9.59 Å². The lowest BCUT2D eigenvalue weighted by atomic mass is 10.2. The SMILES string of the molecule is O=C1CCC(C(=O)Nc2nc3ccccc3[nH]2)=NN1. The number of rotatable bonds is 2. The standard InChI is InChI=1S/C12H11N5O2/c18-10-6-5-9(16-17-10)11(19)15-12-13-7-3-1-2-4-8(7)14-12/h1-4H,5-6H2,(H,17,18)(H2,13,14,15,19). The summed E-state index contributed by atoms with van der Waals surface area (Å²) >= 11 is 0. The molecule has 96 valence electrons. The molecule has 0 radical (unpaired) electrons. The topological polar surface area (TPSA) is 99.2 Å². The molecule has 1 aliphatic rings. The van der Waals surface area contributed by atoms with Crippen LogP contribution in [0.25, 0.3) is 11.0 Å². The highest BCUT2D eigenvalue weighted by Crippen LogP contribution is 2.13. The number of fused-ring (bicyclic) bond motifs is 1. The van der Waals surface area contributed by atoms with Crippen LogP contribution < -0.4 is 10.7 Å². The van der Waals surface area contributed by atoms with Crippen LogP contribution in [0.5, 0.6) is 0 Å². The van der Waals surface area contributed by atoms with E-state index in [0.29, 0.717) is 18.1 Å². The predicted molar refractivity (Wildman–Crippen MR) is 69.5 cm³/mol. The van der Waals surface area contributed by atoms with Crippen molar-refractivity contribution in [3.63, 3.8) is 0 Å². The number of carbonyl (C=O) groups excluding carboxylic acids is 2. The molecular formula is C12H11N5O2. The van der Waals surface area contributed by atoms with E-state index >= 15 is 0 Å². The monoisotopic (exact) mass is 257 g/mol. The summed E-state index contributed by atoms with van der Waals surface area (Å²) in [5.74, 6) is -0.176. The average molecular weight is 257 g/mol. The number of aromatic nitrogens is 2. The molecule has 7 nitrogen and oxygen atoms in total. The second-order valence-corrected chi connectivity index (χ2v) is 4.15. The number of H-pyrrole nitrogens is 1. The van der Waals surface area contributed by atoms with Gasteiger partial charge >= 0.3 is 0 Å². The third kappa shape index (κ3) is 2.30. The third-order valence-electron chi connectivity index (χ3n) is 2.79. The molecule has 0 fully saturated rings. The molecule has 1 aromatic heterocycles. The first-order valence-electron chi connectivity index (χ1n) is 5.84. The summed E-state index contributed by atoms with van der Waals surface area (Å²) in [5, 5.41) is 6.35. The largest absolute Gasteiger partial charge is 0.324 e. The predicted octanol–water partition coefficient (Wildman–Crippen LogP) is 0.767. The van der Waals surface area contributed by atoms with Gasteiger partial charge in [0.2, 0.25) is 11.9 Å². The van der Waals surface area contributed by atoms with Crippen molar-refractivity contribution in [2.45, 2.75) is 12.8 Å². The number of benzene rings is 1. The molecule has 0 aliphatic carbocycles. The van der Waals surface area contributed by atoms with Gasteiger partial charge in [0.1, 0.15) is 5.71 Å². The van der Waals surface area contributed by atoms with Gasteiger partial charge in [-0.2, -0.15) is 5.10 Å². The normalized spacial score (nSPS) is 14.9. The van der Waals surface area contributed by atoms with Crippen LogP contribution in [0.2, 0.25) is 0 Å². The summed E-state index contributed by atoms with van der Waals surface area (Å²) in [6, 6.07) is 7.47. The molecule has 2 aromatic rings. The molecule has 1 aromatic carbocycles. The van der Waals surface area contributed by atoms with Gasteiger partial charge in [-0.05, 0) is 12.1 Å². The Morgan fingerprint density at radius 3 is 2.84 bits per heavy atom. The van der Waals surface area contributed by atoms with Gasteiger partial charge in [-0.25, -0.2) is 10.4 Å². The van der Waals surface area contributed by atoms with Crippen LogP contribution >= 0.6 is 0 Å². The van der Waals surface area contributed by atoms with Crippen LogP contribution in [0, 0.1) is 0 Å². The highest BCUT2D eigenvalue weighted by molar-refractivity contribution is 6.43. The number of imidazole rings is 1. The Morgan fingerprint density at radius 1 is 1.26 bits per heavy atom. The summed E-state index contributed by atoms with van der Waals surface area (Å²) in [6.07, 6.45) is 0.601. The molecule has 0 bridgehead atoms. The zero-order chi connectivity index (χ0) is 13.2. The van der Waals surface area contributed by atoms with E-state index < -0.39 is 0 Å². The summed E-state index contributed by atoms with van der Waals surface area (Å²) in [6.45, 7) is 0. The van der Waals surface area contributed by atoms with Crippen molar-refractivity contribution in [2.75, 3.05) is 5.32 Å². The van der Waals surface area contributed by atoms with Gasteiger partial charge in [0, 0.05) is 12.8 Å². The Morgan fingerprint density at radius 2 is 2.11 bits per heavy atom. The van der Waals surface area contributed by atoms with E-state index in [1.165, 1.54) is 0 Å². The number of para-hydroxylation sites is 2. The molecule has 0 unspecified atom stereocenters. The quantitative estimate of drug-likeness (QED) is 0.740. The molecule has 19 heavy (non-hydrogen) atoms. The van der Waals surface area contributed by atoms with Crippen molar-refractivity contribution >= 4 is 34.5 Å². The van der Waals surface area contributed by atoms with E-state index in [1.807, 2.05) is 24.3 Å². The Labute approximate surface area is 108 Å². The minimum Gasteiger partial charge on any atom is -0.324 e. The number of hydrazone groups is 1. The van der Waals surface area contributed by atoms with Gasteiger partial charge < -0.3 is 4.98 Å². The fourth-order valence-corrected chi connectivity index (χ4v) is 1.83. The van der Waals surface area contributed by atoms with E-state index in [0.717, 1.165) is 11.0 Å². The summed E-state index contributed by atoms with van der Waals surface area (Å²) in [7, 11) is 0. The summed E-state index contributed by atoms with van der Waals surface area (Å²) in [4.78, 5) is 30.1.